The van der Waals surface area contributed by atoms with Crippen LogP contribution in [0.25, 0.3) is 10.2 Å². The van der Waals surface area contributed by atoms with Crippen molar-refractivity contribution in [1.29, 1.82) is 0 Å². The van der Waals surface area contributed by atoms with Gasteiger partial charge < -0.3 is 9.64 Å². The molecule has 0 aliphatic carbocycles. The maximum atomic E-state index is 13.2. The van der Waals surface area contributed by atoms with Gasteiger partial charge in [0, 0.05) is 13.0 Å². The van der Waals surface area contributed by atoms with Crippen LogP contribution in [0.1, 0.15) is 35.9 Å². The number of carbonyl (C=O) groups excluding carboxylic acids is 1. The Morgan fingerprint density at radius 1 is 1.12 bits per heavy atom. The number of benzene rings is 2. The van der Waals surface area contributed by atoms with Gasteiger partial charge in [-0.3, -0.25) is 4.79 Å². The van der Waals surface area contributed by atoms with Crippen LogP contribution >= 0.6 is 11.3 Å². The Kier molecular flexibility index (Phi) is 3.89. The van der Waals surface area contributed by atoms with Crippen molar-refractivity contribution in [3.63, 3.8) is 0 Å². The van der Waals surface area contributed by atoms with Gasteiger partial charge in [0.15, 0.2) is 6.10 Å². The van der Waals surface area contributed by atoms with Crippen LogP contribution in [0.2, 0.25) is 0 Å². The molecule has 2 atom stereocenters. The lowest BCUT2D eigenvalue weighted by atomic mass is 10.0. The van der Waals surface area contributed by atoms with Crippen LogP contribution in [-0.2, 0) is 11.2 Å². The van der Waals surface area contributed by atoms with Crippen LogP contribution in [-0.4, -0.2) is 28.4 Å². The molecule has 132 valence electrons. The summed E-state index contributed by atoms with van der Waals surface area (Å²) >= 11 is 1.71. The summed E-state index contributed by atoms with van der Waals surface area (Å²) in [6.45, 7) is 0.787. The van der Waals surface area contributed by atoms with Crippen LogP contribution in [0.5, 0.6) is 5.75 Å². The lowest BCUT2D eigenvalue weighted by Crippen LogP contribution is -2.45. The van der Waals surface area contributed by atoms with Gasteiger partial charge in [0.1, 0.15) is 10.8 Å². The molecule has 1 fully saturated rings. The number of hydrogen-bond donors (Lipinski definition) is 0. The molecular formula is C21H20N2O2S. The van der Waals surface area contributed by atoms with Crippen LogP contribution in [0.15, 0.2) is 48.5 Å². The monoisotopic (exact) mass is 364 g/mol. The van der Waals surface area contributed by atoms with Crippen LogP contribution < -0.4 is 4.74 Å². The summed E-state index contributed by atoms with van der Waals surface area (Å²) in [7, 11) is 0. The number of carbonyl (C=O) groups is 1. The summed E-state index contributed by atoms with van der Waals surface area (Å²) in [5.41, 5.74) is 2.15. The summed E-state index contributed by atoms with van der Waals surface area (Å²) in [4.78, 5) is 20.1. The molecule has 5 rings (SSSR count). The van der Waals surface area contributed by atoms with Crippen LogP contribution in [0.3, 0.4) is 0 Å². The predicted octanol–water partition coefficient (Wildman–Crippen LogP) is 4.35. The number of rotatable bonds is 2. The maximum Gasteiger partial charge on any atom is 0.264 e. The fraction of sp³-hybridized carbons (Fsp3) is 0.333. The largest absolute Gasteiger partial charge is 0.480 e. The number of likely N-dealkylation sites (tertiary alicyclic amines) is 1. The lowest BCUT2D eigenvalue weighted by Gasteiger charge is -2.35. The average Bonchev–Trinajstić information content (AvgIpc) is 3.31. The quantitative estimate of drug-likeness (QED) is 0.679. The van der Waals surface area contributed by atoms with Crippen molar-refractivity contribution < 1.29 is 9.53 Å². The summed E-state index contributed by atoms with van der Waals surface area (Å²) in [6.07, 6.45) is 3.43. The standard InChI is InChI=1S/C21H20N2O2S/c24-21(18-13-14-7-1-3-10-17(14)25-18)23-12-6-5-9-16(23)20-22-15-8-2-4-11-19(15)26-20/h1-4,7-8,10-11,16,18H,5-6,9,12-13H2/t16-,18+/m0/s1. The van der Waals surface area contributed by atoms with Gasteiger partial charge in [-0.2, -0.15) is 0 Å². The number of nitrogens with zero attached hydrogens (tertiary/aromatic N) is 2. The molecule has 4 nitrogen and oxygen atoms in total. The number of para-hydroxylation sites is 2. The minimum atomic E-state index is -0.401. The van der Waals surface area contributed by atoms with E-state index in [4.69, 9.17) is 9.72 Å². The number of piperidine rings is 1. The normalized spacial score (nSPS) is 22.2. The Labute approximate surface area is 156 Å². The Hall–Kier alpha value is -2.40. The van der Waals surface area contributed by atoms with Gasteiger partial charge in [0.25, 0.3) is 5.91 Å². The third kappa shape index (κ3) is 2.67. The van der Waals surface area contributed by atoms with Crippen LogP contribution in [0, 0.1) is 0 Å². The molecule has 1 aromatic heterocycles. The Morgan fingerprint density at radius 2 is 1.96 bits per heavy atom. The third-order valence-electron chi connectivity index (χ3n) is 5.30. The summed E-state index contributed by atoms with van der Waals surface area (Å²) in [6, 6.07) is 16.2. The number of amides is 1. The number of fused-ring (bicyclic) bond motifs is 2. The van der Waals surface area contributed by atoms with Gasteiger partial charge in [-0.15, -0.1) is 11.3 Å². The van der Waals surface area contributed by atoms with E-state index in [0.717, 1.165) is 47.6 Å². The second-order valence-electron chi connectivity index (χ2n) is 6.98. The summed E-state index contributed by atoms with van der Waals surface area (Å²) < 4.78 is 7.14. The summed E-state index contributed by atoms with van der Waals surface area (Å²) in [5, 5.41) is 1.05. The first-order valence-electron chi connectivity index (χ1n) is 9.20. The minimum Gasteiger partial charge on any atom is -0.480 e. The SMILES string of the molecule is O=C([C@H]1Cc2ccccc2O1)N1CCCC[C@H]1c1nc2ccccc2s1. The Bertz CT molecular complexity index is 909. The highest BCUT2D eigenvalue weighted by atomic mass is 32.1. The lowest BCUT2D eigenvalue weighted by molar-refractivity contribution is -0.142. The molecule has 2 aliphatic rings. The van der Waals surface area contributed by atoms with E-state index in [0.29, 0.717) is 6.42 Å². The highest BCUT2D eigenvalue weighted by Gasteiger charge is 2.37. The minimum absolute atomic E-state index is 0.0703. The Balaban J connectivity index is 1.42. The first-order chi connectivity index (χ1) is 12.8. The predicted molar refractivity (Wildman–Crippen MR) is 102 cm³/mol. The molecule has 0 bridgehead atoms. The van der Waals surface area contributed by atoms with Crippen molar-refractivity contribution in [1.82, 2.24) is 9.88 Å². The third-order valence-corrected chi connectivity index (χ3v) is 6.44. The van der Waals surface area contributed by atoms with Gasteiger partial charge >= 0.3 is 0 Å². The van der Waals surface area contributed by atoms with Crippen LogP contribution in [0.4, 0.5) is 0 Å². The fourth-order valence-electron chi connectivity index (χ4n) is 3.99. The first kappa shape index (κ1) is 15.8. The van der Waals surface area contributed by atoms with E-state index in [1.54, 1.807) is 11.3 Å². The molecule has 3 heterocycles. The molecule has 26 heavy (non-hydrogen) atoms. The highest BCUT2D eigenvalue weighted by molar-refractivity contribution is 7.18. The molecule has 0 saturated carbocycles. The van der Waals surface area contributed by atoms with E-state index < -0.39 is 6.10 Å². The molecule has 0 N–H and O–H groups in total. The van der Waals surface area contributed by atoms with Gasteiger partial charge in [-0.1, -0.05) is 30.3 Å². The molecule has 0 unspecified atom stereocenters. The second kappa shape index (κ2) is 6.40. The first-order valence-corrected chi connectivity index (χ1v) is 10.0. The molecule has 5 heteroatoms. The van der Waals surface area contributed by atoms with Crippen molar-refractivity contribution in [2.24, 2.45) is 0 Å². The zero-order valence-electron chi connectivity index (χ0n) is 14.4. The van der Waals surface area contributed by atoms with Gasteiger partial charge in [0.2, 0.25) is 0 Å². The molecule has 3 aromatic rings. The van der Waals surface area contributed by atoms with E-state index in [1.807, 2.05) is 47.4 Å². The van der Waals surface area contributed by atoms with E-state index in [-0.39, 0.29) is 11.9 Å². The summed E-state index contributed by atoms with van der Waals surface area (Å²) in [5.74, 6) is 0.949. The van der Waals surface area contributed by atoms with E-state index in [9.17, 15) is 4.79 Å². The average molecular weight is 364 g/mol. The smallest absolute Gasteiger partial charge is 0.264 e. The zero-order valence-corrected chi connectivity index (χ0v) is 15.2. The molecule has 1 saturated heterocycles. The molecule has 2 aromatic carbocycles. The topological polar surface area (TPSA) is 42.4 Å². The molecule has 0 radical (unpaired) electrons. The fourth-order valence-corrected chi connectivity index (χ4v) is 5.10. The molecule has 2 aliphatic heterocycles. The maximum absolute atomic E-state index is 13.2. The molecule has 1 amide bonds. The van der Waals surface area contributed by atoms with Crippen molar-refractivity contribution in [3.05, 3.63) is 59.1 Å². The van der Waals surface area contributed by atoms with Crippen molar-refractivity contribution in [2.45, 2.75) is 37.8 Å². The molecule has 0 spiro atoms. The highest BCUT2D eigenvalue weighted by Crippen LogP contribution is 2.37. The number of thiazole rings is 1. The number of hydrogen-bond acceptors (Lipinski definition) is 4. The van der Waals surface area contributed by atoms with Gasteiger partial charge in [-0.05, 0) is 43.0 Å². The van der Waals surface area contributed by atoms with E-state index in [1.165, 1.54) is 4.70 Å². The van der Waals surface area contributed by atoms with Crippen molar-refractivity contribution in [2.75, 3.05) is 6.54 Å². The number of ether oxygens (including phenoxy) is 1. The zero-order chi connectivity index (χ0) is 17.5. The van der Waals surface area contributed by atoms with E-state index >= 15 is 0 Å². The van der Waals surface area contributed by atoms with Gasteiger partial charge in [-0.25, -0.2) is 4.98 Å². The Morgan fingerprint density at radius 3 is 2.85 bits per heavy atom. The second-order valence-corrected chi connectivity index (χ2v) is 8.04. The van der Waals surface area contributed by atoms with Crippen molar-refractivity contribution >= 4 is 27.5 Å². The number of aromatic nitrogens is 1. The van der Waals surface area contributed by atoms with Gasteiger partial charge in [0.05, 0.1) is 16.3 Å². The van der Waals surface area contributed by atoms with Crippen molar-refractivity contribution in [3.8, 4) is 5.75 Å². The molecular weight excluding hydrogens is 344 g/mol. The van der Waals surface area contributed by atoms with E-state index in [2.05, 4.69) is 6.07 Å².